The standard InChI is InChI=1S/C14H14O2/c15-9-12-8-7-11-6-5-10-3-1-2-4-13(10)14(11)16-12/h1-6,12,15H,7-9H2/t12-/m1/s1. The molecule has 1 aliphatic heterocycles. The molecule has 0 saturated carbocycles. The van der Waals surface area contributed by atoms with E-state index in [1.165, 1.54) is 10.9 Å². The molecule has 0 radical (unpaired) electrons. The van der Waals surface area contributed by atoms with Crippen LogP contribution in [0, 0.1) is 0 Å². The molecule has 0 saturated heterocycles. The van der Waals surface area contributed by atoms with E-state index in [4.69, 9.17) is 9.84 Å². The van der Waals surface area contributed by atoms with Crippen LogP contribution in [0.1, 0.15) is 12.0 Å². The molecule has 0 amide bonds. The number of hydrogen-bond acceptors (Lipinski definition) is 2. The topological polar surface area (TPSA) is 29.5 Å². The summed E-state index contributed by atoms with van der Waals surface area (Å²) in [4.78, 5) is 0. The van der Waals surface area contributed by atoms with Crippen LogP contribution in [0.5, 0.6) is 5.75 Å². The molecule has 2 aromatic rings. The van der Waals surface area contributed by atoms with Gasteiger partial charge < -0.3 is 9.84 Å². The third-order valence-electron chi connectivity index (χ3n) is 3.18. The van der Waals surface area contributed by atoms with E-state index in [1.54, 1.807) is 0 Å². The fraction of sp³-hybridized carbons (Fsp3) is 0.286. The van der Waals surface area contributed by atoms with Gasteiger partial charge in [-0.05, 0) is 23.8 Å². The highest BCUT2D eigenvalue weighted by molar-refractivity contribution is 5.89. The monoisotopic (exact) mass is 214 g/mol. The van der Waals surface area contributed by atoms with E-state index in [0.717, 1.165) is 24.0 Å². The number of hydrogen-bond donors (Lipinski definition) is 1. The molecule has 2 nitrogen and oxygen atoms in total. The third kappa shape index (κ3) is 1.46. The SMILES string of the molecule is OC[C@H]1CCc2ccc3ccccc3c2O1. The van der Waals surface area contributed by atoms with E-state index in [-0.39, 0.29) is 12.7 Å². The van der Waals surface area contributed by atoms with Crippen LogP contribution < -0.4 is 4.74 Å². The predicted molar refractivity (Wildman–Crippen MR) is 63.8 cm³/mol. The van der Waals surface area contributed by atoms with E-state index in [0.29, 0.717) is 0 Å². The molecule has 0 fully saturated rings. The van der Waals surface area contributed by atoms with Crippen molar-refractivity contribution in [2.75, 3.05) is 6.61 Å². The van der Waals surface area contributed by atoms with E-state index < -0.39 is 0 Å². The van der Waals surface area contributed by atoms with Crippen LogP contribution in [0.15, 0.2) is 36.4 Å². The second-order valence-electron chi connectivity index (χ2n) is 4.24. The van der Waals surface area contributed by atoms with Gasteiger partial charge in [-0.2, -0.15) is 0 Å². The Labute approximate surface area is 94.5 Å². The van der Waals surface area contributed by atoms with Crippen molar-refractivity contribution in [3.63, 3.8) is 0 Å². The van der Waals surface area contributed by atoms with Crippen LogP contribution in [0.25, 0.3) is 10.8 Å². The summed E-state index contributed by atoms with van der Waals surface area (Å²) < 4.78 is 5.84. The molecular weight excluding hydrogens is 200 g/mol. The fourth-order valence-corrected chi connectivity index (χ4v) is 2.29. The summed E-state index contributed by atoms with van der Waals surface area (Å²) in [5.74, 6) is 0.961. The Morgan fingerprint density at radius 1 is 1.19 bits per heavy atom. The van der Waals surface area contributed by atoms with Gasteiger partial charge in [-0.25, -0.2) is 0 Å². The van der Waals surface area contributed by atoms with Gasteiger partial charge in [-0.3, -0.25) is 0 Å². The van der Waals surface area contributed by atoms with Crippen LogP contribution >= 0.6 is 0 Å². The lowest BCUT2D eigenvalue weighted by Gasteiger charge is -2.25. The molecule has 0 spiro atoms. The van der Waals surface area contributed by atoms with Gasteiger partial charge >= 0.3 is 0 Å². The van der Waals surface area contributed by atoms with Crippen molar-refractivity contribution < 1.29 is 9.84 Å². The summed E-state index contributed by atoms with van der Waals surface area (Å²) in [6, 6.07) is 12.5. The number of benzene rings is 2. The maximum Gasteiger partial charge on any atom is 0.130 e. The van der Waals surface area contributed by atoms with Crippen molar-refractivity contribution in [2.45, 2.75) is 18.9 Å². The van der Waals surface area contributed by atoms with Gasteiger partial charge in [0.15, 0.2) is 0 Å². The lowest BCUT2D eigenvalue weighted by atomic mass is 9.98. The third-order valence-corrected chi connectivity index (χ3v) is 3.18. The Morgan fingerprint density at radius 3 is 2.94 bits per heavy atom. The molecule has 2 heteroatoms. The van der Waals surface area contributed by atoms with Gasteiger partial charge in [-0.1, -0.05) is 36.4 Å². The largest absolute Gasteiger partial charge is 0.487 e. The molecule has 1 N–H and O–H groups in total. The van der Waals surface area contributed by atoms with Crippen LogP contribution in [0.4, 0.5) is 0 Å². The van der Waals surface area contributed by atoms with Gasteiger partial charge in [-0.15, -0.1) is 0 Å². The van der Waals surface area contributed by atoms with Crippen LogP contribution in [0.2, 0.25) is 0 Å². The molecule has 0 aliphatic carbocycles. The van der Waals surface area contributed by atoms with E-state index >= 15 is 0 Å². The first-order valence-corrected chi connectivity index (χ1v) is 5.66. The zero-order valence-electron chi connectivity index (χ0n) is 9.02. The van der Waals surface area contributed by atoms with Crippen LogP contribution in [-0.2, 0) is 6.42 Å². The zero-order chi connectivity index (χ0) is 11.0. The number of aryl methyl sites for hydroxylation is 1. The first kappa shape index (κ1) is 9.67. The molecular formula is C14H14O2. The second kappa shape index (κ2) is 3.80. The van der Waals surface area contributed by atoms with Gasteiger partial charge in [0.25, 0.3) is 0 Å². The van der Waals surface area contributed by atoms with Gasteiger partial charge in [0.2, 0.25) is 0 Å². The highest BCUT2D eigenvalue weighted by Crippen LogP contribution is 2.34. The van der Waals surface area contributed by atoms with Crippen molar-refractivity contribution in [2.24, 2.45) is 0 Å². The summed E-state index contributed by atoms with van der Waals surface area (Å²) in [6.07, 6.45) is 1.85. The van der Waals surface area contributed by atoms with Crippen molar-refractivity contribution >= 4 is 10.8 Å². The quantitative estimate of drug-likeness (QED) is 0.790. The summed E-state index contributed by atoms with van der Waals surface area (Å²) in [7, 11) is 0. The first-order chi connectivity index (χ1) is 7.88. The summed E-state index contributed by atoms with van der Waals surface area (Å²) in [6.45, 7) is 0.0999. The Kier molecular flexibility index (Phi) is 2.29. The number of aliphatic hydroxyl groups excluding tert-OH is 1. The molecule has 0 unspecified atom stereocenters. The lowest BCUT2D eigenvalue weighted by molar-refractivity contribution is 0.0994. The number of rotatable bonds is 1. The maximum absolute atomic E-state index is 9.16. The molecule has 3 rings (SSSR count). The van der Waals surface area contributed by atoms with E-state index in [2.05, 4.69) is 24.3 Å². The van der Waals surface area contributed by atoms with Gasteiger partial charge in [0, 0.05) is 5.39 Å². The van der Waals surface area contributed by atoms with Gasteiger partial charge in [0.05, 0.1) is 6.61 Å². The van der Waals surface area contributed by atoms with Crippen LogP contribution in [-0.4, -0.2) is 17.8 Å². The molecule has 2 aromatic carbocycles. The molecule has 16 heavy (non-hydrogen) atoms. The van der Waals surface area contributed by atoms with E-state index in [1.807, 2.05) is 12.1 Å². The zero-order valence-corrected chi connectivity index (χ0v) is 9.02. The highest BCUT2D eigenvalue weighted by Gasteiger charge is 2.20. The molecule has 82 valence electrons. The Bertz CT molecular complexity index is 519. The summed E-state index contributed by atoms with van der Waals surface area (Å²) in [5, 5.41) is 11.5. The van der Waals surface area contributed by atoms with Crippen molar-refractivity contribution in [3.8, 4) is 5.75 Å². The minimum absolute atomic E-state index is 0.0432. The summed E-state index contributed by atoms with van der Waals surface area (Å²) in [5.41, 5.74) is 1.25. The minimum atomic E-state index is -0.0432. The number of ether oxygens (including phenoxy) is 1. The average molecular weight is 214 g/mol. The number of aliphatic hydroxyl groups is 1. The van der Waals surface area contributed by atoms with Crippen molar-refractivity contribution in [3.05, 3.63) is 42.0 Å². The molecule has 1 heterocycles. The molecule has 0 aromatic heterocycles. The van der Waals surface area contributed by atoms with Crippen molar-refractivity contribution in [1.29, 1.82) is 0 Å². The minimum Gasteiger partial charge on any atom is -0.487 e. The highest BCUT2D eigenvalue weighted by atomic mass is 16.5. The fourth-order valence-electron chi connectivity index (χ4n) is 2.29. The van der Waals surface area contributed by atoms with Crippen LogP contribution in [0.3, 0.4) is 0 Å². The normalized spacial score (nSPS) is 19.2. The van der Waals surface area contributed by atoms with Gasteiger partial charge in [0.1, 0.15) is 11.9 Å². The lowest BCUT2D eigenvalue weighted by Crippen LogP contribution is -2.26. The Morgan fingerprint density at radius 2 is 2.06 bits per heavy atom. The average Bonchev–Trinajstić information content (AvgIpc) is 2.38. The molecule has 1 aliphatic rings. The van der Waals surface area contributed by atoms with Crippen molar-refractivity contribution in [1.82, 2.24) is 0 Å². The smallest absolute Gasteiger partial charge is 0.130 e. The first-order valence-electron chi connectivity index (χ1n) is 5.66. The predicted octanol–water partition coefficient (Wildman–Crippen LogP) is 2.53. The number of fused-ring (bicyclic) bond motifs is 3. The van der Waals surface area contributed by atoms with E-state index in [9.17, 15) is 0 Å². The Balaban J connectivity index is 2.17. The Hall–Kier alpha value is -1.54. The molecule has 0 bridgehead atoms. The molecule has 1 atom stereocenters. The summed E-state index contributed by atoms with van der Waals surface area (Å²) >= 11 is 0. The second-order valence-corrected chi connectivity index (χ2v) is 4.24. The maximum atomic E-state index is 9.16.